The summed E-state index contributed by atoms with van der Waals surface area (Å²) in [5.74, 6) is -2.17. The maximum Gasteiger partial charge on any atom is 0.339 e. The van der Waals surface area contributed by atoms with Crippen LogP contribution in [0.1, 0.15) is 15.9 Å². The van der Waals surface area contributed by atoms with Crippen LogP contribution in [0.25, 0.3) is 0 Å². The lowest BCUT2D eigenvalue weighted by Gasteiger charge is -2.04. The summed E-state index contributed by atoms with van der Waals surface area (Å²) in [6.45, 7) is -0.480. The summed E-state index contributed by atoms with van der Waals surface area (Å²) in [7, 11) is 0. The van der Waals surface area contributed by atoms with E-state index in [2.05, 4.69) is 0 Å². The molecule has 0 aliphatic rings. The number of benzene rings is 1. The van der Waals surface area contributed by atoms with Gasteiger partial charge in [0.15, 0.2) is 0 Å². The Kier molecular flexibility index (Phi) is 2.39. The zero-order valence-electron chi connectivity index (χ0n) is 6.56. The van der Waals surface area contributed by atoms with Crippen molar-refractivity contribution in [1.29, 1.82) is 0 Å². The predicted octanol–water partition coefficient (Wildman–Crippen LogP) is 0.288. The summed E-state index contributed by atoms with van der Waals surface area (Å²) in [5, 5.41) is 35.4. The Hall–Kier alpha value is -1.75. The molecule has 1 aromatic rings. The highest BCUT2D eigenvalue weighted by Crippen LogP contribution is 2.27. The summed E-state index contributed by atoms with van der Waals surface area (Å²) in [6, 6.07) is 1.90. The molecule has 5 heteroatoms. The topological polar surface area (TPSA) is 98.0 Å². The number of aliphatic hydroxyl groups is 1. The van der Waals surface area contributed by atoms with Gasteiger partial charge in [0.1, 0.15) is 17.1 Å². The van der Waals surface area contributed by atoms with Crippen molar-refractivity contribution in [2.24, 2.45) is 0 Å². The second-order valence-electron chi connectivity index (χ2n) is 2.46. The van der Waals surface area contributed by atoms with Crippen LogP contribution in [-0.2, 0) is 6.61 Å². The number of carboxylic acids is 1. The van der Waals surface area contributed by atoms with Crippen LogP contribution in [0.3, 0.4) is 0 Å². The van der Waals surface area contributed by atoms with Crippen LogP contribution in [0.5, 0.6) is 11.5 Å². The monoisotopic (exact) mass is 184 g/mol. The SMILES string of the molecule is O=C(O)c1cc(CO)c(O)cc1O. The van der Waals surface area contributed by atoms with Crippen molar-refractivity contribution in [3.05, 3.63) is 23.3 Å². The van der Waals surface area contributed by atoms with Crippen LogP contribution < -0.4 is 0 Å². The van der Waals surface area contributed by atoms with Gasteiger partial charge in [-0.3, -0.25) is 0 Å². The number of phenols is 2. The molecule has 1 rings (SSSR count). The van der Waals surface area contributed by atoms with Gasteiger partial charge >= 0.3 is 5.97 Å². The molecular weight excluding hydrogens is 176 g/mol. The molecule has 1 aromatic carbocycles. The highest BCUT2D eigenvalue weighted by molar-refractivity contribution is 5.91. The average Bonchev–Trinajstić information content (AvgIpc) is 2.03. The second kappa shape index (κ2) is 3.32. The van der Waals surface area contributed by atoms with Crippen LogP contribution in [-0.4, -0.2) is 26.4 Å². The van der Waals surface area contributed by atoms with Crippen molar-refractivity contribution in [1.82, 2.24) is 0 Å². The zero-order valence-corrected chi connectivity index (χ0v) is 6.56. The maximum absolute atomic E-state index is 10.5. The maximum atomic E-state index is 10.5. The van der Waals surface area contributed by atoms with Gasteiger partial charge in [-0.1, -0.05) is 0 Å². The lowest BCUT2D eigenvalue weighted by atomic mass is 10.1. The normalized spacial score (nSPS) is 9.92. The van der Waals surface area contributed by atoms with E-state index in [0.717, 1.165) is 12.1 Å². The Morgan fingerprint density at radius 1 is 1.23 bits per heavy atom. The number of rotatable bonds is 2. The summed E-state index contributed by atoms with van der Waals surface area (Å²) in [4.78, 5) is 10.5. The van der Waals surface area contributed by atoms with Gasteiger partial charge in [-0.2, -0.15) is 0 Å². The first kappa shape index (κ1) is 9.34. The highest BCUT2D eigenvalue weighted by atomic mass is 16.4. The average molecular weight is 184 g/mol. The van der Waals surface area contributed by atoms with E-state index in [4.69, 9.17) is 20.4 Å². The quantitative estimate of drug-likeness (QED) is 0.529. The van der Waals surface area contributed by atoms with E-state index in [1.165, 1.54) is 0 Å². The molecule has 70 valence electrons. The largest absolute Gasteiger partial charge is 0.507 e. The number of aromatic carboxylic acids is 1. The predicted molar refractivity (Wildman–Crippen MR) is 42.7 cm³/mol. The third-order valence-electron chi connectivity index (χ3n) is 1.60. The van der Waals surface area contributed by atoms with E-state index in [1.54, 1.807) is 0 Å². The Morgan fingerprint density at radius 3 is 2.31 bits per heavy atom. The Bertz CT molecular complexity index is 345. The van der Waals surface area contributed by atoms with Crippen LogP contribution in [0.15, 0.2) is 12.1 Å². The van der Waals surface area contributed by atoms with E-state index in [-0.39, 0.29) is 16.9 Å². The minimum absolute atomic E-state index is 0.0650. The molecular formula is C8H8O5. The summed E-state index contributed by atoms with van der Waals surface area (Å²) in [5.41, 5.74) is -0.281. The number of hydrogen-bond donors (Lipinski definition) is 4. The van der Waals surface area contributed by atoms with Gasteiger partial charge in [0.2, 0.25) is 0 Å². The van der Waals surface area contributed by atoms with Gasteiger partial charge in [-0.05, 0) is 6.07 Å². The number of carbonyl (C=O) groups is 1. The Balaban J connectivity index is 3.30. The lowest BCUT2D eigenvalue weighted by Crippen LogP contribution is -1.98. The third-order valence-corrected chi connectivity index (χ3v) is 1.60. The zero-order chi connectivity index (χ0) is 10.0. The number of aromatic hydroxyl groups is 2. The standard InChI is InChI=1S/C8H8O5/c9-3-4-1-5(8(12)13)7(11)2-6(4)10/h1-2,9-11H,3H2,(H,12,13). The van der Waals surface area contributed by atoms with Crippen molar-refractivity contribution in [3.8, 4) is 11.5 Å². The van der Waals surface area contributed by atoms with E-state index in [9.17, 15) is 4.79 Å². The molecule has 0 aromatic heterocycles. The third kappa shape index (κ3) is 1.70. The van der Waals surface area contributed by atoms with Crippen LogP contribution in [0, 0.1) is 0 Å². The number of aliphatic hydroxyl groups excluding tert-OH is 1. The first-order valence-electron chi connectivity index (χ1n) is 3.45. The van der Waals surface area contributed by atoms with Crippen LogP contribution in [0.4, 0.5) is 0 Å². The number of carboxylic acid groups (broad SMARTS) is 1. The van der Waals surface area contributed by atoms with E-state index >= 15 is 0 Å². The molecule has 0 atom stereocenters. The summed E-state index contributed by atoms with van der Waals surface area (Å²) < 4.78 is 0. The van der Waals surface area contributed by atoms with E-state index in [1.807, 2.05) is 0 Å². The highest BCUT2D eigenvalue weighted by Gasteiger charge is 2.13. The van der Waals surface area contributed by atoms with E-state index < -0.39 is 18.3 Å². The van der Waals surface area contributed by atoms with Crippen LogP contribution in [0.2, 0.25) is 0 Å². The molecule has 0 aliphatic carbocycles. The van der Waals surface area contributed by atoms with Crippen molar-refractivity contribution in [3.63, 3.8) is 0 Å². The van der Waals surface area contributed by atoms with Crippen molar-refractivity contribution >= 4 is 5.97 Å². The molecule has 0 bridgehead atoms. The number of hydrogen-bond acceptors (Lipinski definition) is 4. The molecule has 13 heavy (non-hydrogen) atoms. The Labute approximate surface area is 73.5 Å². The fourth-order valence-electron chi connectivity index (χ4n) is 0.920. The molecule has 0 spiro atoms. The fraction of sp³-hybridized carbons (Fsp3) is 0.125. The molecule has 5 nitrogen and oxygen atoms in total. The second-order valence-corrected chi connectivity index (χ2v) is 2.46. The molecule has 0 fully saturated rings. The molecule has 0 saturated carbocycles. The van der Waals surface area contributed by atoms with Gasteiger partial charge < -0.3 is 20.4 Å². The molecule has 0 radical (unpaired) electrons. The fourth-order valence-corrected chi connectivity index (χ4v) is 0.920. The van der Waals surface area contributed by atoms with Gasteiger partial charge in [0.25, 0.3) is 0 Å². The van der Waals surface area contributed by atoms with Gasteiger partial charge in [-0.15, -0.1) is 0 Å². The first-order valence-corrected chi connectivity index (χ1v) is 3.45. The lowest BCUT2D eigenvalue weighted by molar-refractivity contribution is 0.0693. The Morgan fingerprint density at radius 2 is 1.85 bits per heavy atom. The minimum Gasteiger partial charge on any atom is -0.507 e. The van der Waals surface area contributed by atoms with Gasteiger partial charge in [0, 0.05) is 11.6 Å². The summed E-state index contributed by atoms with van der Waals surface area (Å²) >= 11 is 0. The van der Waals surface area contributed by atoms with Crippen molar-refractivity contribution in [2.45, 2.75) is 6.61 Å². The van der Waals surface area contributed by atoms with Gasteiger partial charge in [0.05, 0.1) is 6.61 Å². The summed E-state index contributed by atoms with van der Waals surface area (Å²) in [6.07, 6.45) is 0. The molecule has 4 N–H and O–H groups in total. The van der Waals surface area contributed by atoms with Gasteiger partial charge in [-0.25, -0.2) is 4.79 Å². The molecule has 0 unspecified atom stereocenters. The van der Waals surface area contributed by atoms with Crippen molar-refractivity contribution < 1.29 is 25.2 Å². The van der Waals surface area contributed by atoms with E-state index in [0.29, 0.717) is 0 Å². The molecule has 0 aliphatic heterocycles. The smallest absolute Gasteiger partial charge is 0.339 e. The molecule has 0 heterocycles. The molecule has 0 saturated heterocycles. The minimum atomic E-state index is -1.31. The van der Waals surface area contributed by atoms with Crippen molar-refractivity contribution in [2.75, 3.05) is 0 Å². The van der Waals surface area contributed by atoms with Crippen LogP contribution >= 0.6 is 0 Å². The molecule has 0 amide bonds. The first-order chi connectivity index (χ1) is 6.06.